The Morgan fingerprint density at radius 1 is 1.17 bits per heavy atom. The minimum Gasteiger partial charge on any atom is -0.325 e. The Hall–Kier alpha value is -1.94. The molecule has 2 aromatic rings. The maximum atomic E-state index is 12.8. The molecule has 0 N–H and O–H groups in total. The topological polar surface area (TPSA) is 38.1 Å². The smallest absolute Gasteiger partial charge is 0.183 e. The Kier molecular flexibility index (Phi) is 4.11. The number of benzene rings is 1. The van der Waals surface area contributed by atoms with Crippen LogP contribution in [0.25, 0.3) is 11.4 Å². The first-order valence-corrected chi connectivity index (χ1v) is 8.22. The van der Waals surface area contributed by atoms with Gasteiger partial charge in [-0.25, -0.2) is 4.98 Å². The number of hydrogen-bond donors (Lipinski definition) is 0. The Balaban J connectivity index is 2.07. The van der Waals surface area contributed by atoms with Crippen LogP contribution in [0.3, 0.4) is 0 Å². The van der Waals surface area contributed by atoms with Crippen LogP contribution in [0.4, 0.5) is 0 Å². The fourth-order valence-electron chi connectivity index (χ4n) is 3.09. The average molecular weight is 311 g/mol. The van der Waals surface area contributed by atoms with E-state index in [2.05, 4.69) is 49.4 Å². The number of likely N-dealkylation sites (N-methyl/N-ethyl adjacent to an activating group) is 1. The van der Waals surface area contributed by atoms with E-state index < -0.39 is 0 Å². The van der Waals surface area contributed by atoms with Crippen LogP contribution < -0.4 is 0 Å². The SMILES string of the molecule is CN1CCn2c(-c3ccccc3)nc(C(=O)CC(C)(C)C)c2C1. The molecule has 23 heavy (non-hydrogen) atoms. The molecule has 0 unspecified atom stereocenters. The van der Waals surface area contributed by atoms with E-state index in [1.165, 1.54) is 0 Å². The zero-order chi connectivity index (χ0) is 16.6. The molecule has 0 spiro atoms. The van der Waals surface area contributed by atoms with E-state index in [9.17, 15) is 4.79 Å². The van der Waals surface area contributed by atoms with Crippen molar-refractivity contribution in [1.29, 1.82) is 0 Å². The van der Waals surface area contributed by atoms with Crippen molar-refractivity contribution in [2.45, 2.75) is 40.3 Å². The molecule has 1 aliphatic rings. The number of fused-ring (bicyclic) bond motifs is 1. The summed E-state index contributed by atoms with van der Waals surface area (Å²) in [7, 11) is 2.09. The summed E-state index contributed by atoms with van der Waals surface area (Å²) in [5, 5.41) is 0. The standard InChI is InChI=1S/C19H25N3O/c1-19(2,3)12-16(23)17-15-13-21(4)10-11-22(15)18(20-17)14-8-6-5-7-9-14/h5-9H,10-13H2,1-4H3. The minimum absolute atomic E-state index is 0.0267. The molecule has 0 saturated heterocycles. The molecular formula is C19H25N3O. The van der Waals surface area contributed by atoms with Crippen LogP contribution in [-0.4, -0.2) is 33.8 Å². The van der Waals surface area contributed by atoms with Crippen molar-refractivity contribution in [2.75, 3.05) is 13.6 Å². The van der Waals surface area contributed by atoms with E-state index in [1.807, 2.05) is 18.2 Å². The molecule has 0 amide bonds. The molecule has 0 atom stereocenters. The fourth-order valence-corrected chi connectivity index (χ4v) is 3.09. The van der Waals surface area contributed by atoms with Gasteiger partial charge in [0.1, 0.15) is 11.5 Å². The molecule has 0 radical (unpaired) electrons. The zero-order valence-electron chi connectivity index (χ0n) is 14.5. The lowest BCUT2D eigenvalue weighted by Crippen LogP contribution is -2.31. The van der Waals surface area contributed by atoms with Gasteiger partial charge in [0.15, 0.2) is 5.78 Å². The van der Waals surface area contributed by atoms with Gasteiger partial charge in [0, 0.05) is 31.6 Å². The monoisotopic (exact) mass is 311 g/mol. The highest BCUT2D eigenvalue weighted by atomic mass is 16.1. The Bertz CT molecular complexity index is 710. The molecule has 4 heteroatoms. The van der Waals surface area contributed by atoms with E-state index in [1.54, 1.807) is 0 Å². The largest absolute Gasteiger partial charge is 0.325 e. The van der Waals surface area contributed by atoms with Gasteiger partial charge in [-0.3, -0.25) is 9.69 Å². The molecule has 122 valence electrons. The number of imidazole rings is 1. The number of Topliss-reactive ketones (excluding diaryl/α,β-unsaturated/α-hetero) is 1. The number of aromatic nitrogens is 2. The maximum Gasteiger partial charge on any atom is 0.183 e. The first-order valence-electron chi connectivity index (χ1n) is 8.22. The second-order valence-electron chi connectivity index (χ2n) is 7.65. The van der Waals surface area contributed by atoms with Crippen LogP contribution in [0.1, 0.15) is 43.4 Å². The van der Waals surface area contributed by atoms with Crippen LogP contribution in [0.5, 0.6) is 0 Å². The molecule has 1 aromatic carbocycles. The van der Waals surface area contributed by atoms with Crippen molar-refractivity contribution < 1.29 is 4.79 Å². The highest BCUT2D eigenvalue weighted by molar-refractivity contribution is 5.96. The van der Waals surface area contributed by atoms with Crippen LogP contribution in [0.15, 0.2) is 30.3 Å². The highest BCUT2D eigenvalue weighted by Crippen LogP contribution is 2.29. The van der Waals surface area contributed by atoms with Gasteiger partial charge in [0.05, 0.1) is 5.69 Å². The maximum absolute atomic E-state index is 12.8. The van der Waals surface area contributed by atoms with Crippen LogP contribution in [0.2, 0.25) is 0 Å². The van der Waals surface area contributed by atoms with Gasteiger partial charge in [-0.2, -0.15) is 0 Å². The fraction of sp³-hybridized carbons (Fsp3) is 0.474. The van der Waals surface area contributed by atoms with Gasteiger partial charge >= 0.3 is 0 Å². The van der Waals surface area contributed by atoms with Crippen molar-refractivity contribution >= 4 is 5.78 Å². The summed E-state index contributed by atoms with van der Waals surface area (Å²) < 4.78 is 2.23. The summed E-state index contributed by atoms with van der Waals surface area (Å²) in [5.74, 6) is 1.07. The third-order valence-electron chi connectivity index (χ3n) is 4.18. The first kappa shape index (κ1) is 15.9. The van der Waals surface area contributed by atoms with Gasteiger partial charge in [-0.15, -0.1) is 0 Å². The Labute approximate surface area is 138 Å². The molecule has 2 heterocycles. The van der Waals surface area contributed by atoms with Crippen molar-refractivity contribution in [3.63, 3.8) is 0 Å². The lowest BCUT2D eigenvalue weighted by atomic mass is 9.89. The van der Waals surface area contributed by atoms with E-state index in [-0.39, 0.29) is 11.2 Å². The Morgan fingerprint density at radius 2 is 1.87 bits per heavy atom. The summed E-state index contributed by atoms with van der Waals surface area (Å²) >= 11 is 0. The van der Waals surface area contributed by atoms with Gasteiger partial charge < -0.3 is 4.57 Å². The van der Waals surface area contributed by atoms with Crippen molar-refractivity contribution in [1.82, 2.24) is 14.5 Å². The average Bonchev–Trinajstić information content (AvgIpc) is 2.85. The summed E-state index contributed by atoms with van der Waals surface area (Å²) in [4.78, 5) is 19.8. The molecule has 0 fully saturated rings. The van der Waals surface area contributed by atoms with Crippen LogP contribution >= 0.6 is 0 Å². The second-order valence-corrected chi connectivity index (χ2v) is 7.65. The molecule has 3 rings (SSSR count). The number of carbonyl (C=O) groups excluding carboxylic acids is 1. The number of carbonyl (C=O) groups is 1. The van der Waals surface area contributed by atoms with E-state index in [0.717, 1.165) is 36.7 Å². The highest BCUT2D eigenvalue weighted by Gasteiger charge is 2.28. The molecule has 0 saturated carbocycles. The quantitative estimate of drug-likeness (QED) is 0.813. The van der Waals surface area contributed by atoms with E-state index in [4.69, 9.17) is 4.98 Å². The Morgan fingerprint density at radius 3 is 2.52 bits per heavy atom. The predicted molar refractivity (Wildman–Crippen MR) is 92.4 cm³/mol. The van der Waals surface area contributed by atoms with Crippen molar-refractivity contribution in [2.24, 2.45) is 5.41 Å². The molecule has 4 nitrogen and oxygen atoms in total. The van der Waals surface area contributed by atoms with Gasteiger partial charge in [0.25, 0.3) is 0 Å². The lowest BCUT2D eigenvalue weighted by Gasteiger charge is -2.26. The third-order valence-corrected chi connectivity index (χ3v) is 4.18. The normalized spacial score (nSPS) is 15.5. The van der Waals surface area contributed by atoms with Gasteiger partial charge in [-0.05, 0) is 12.5 Å². The molecular weight excluding hydrogens is 286 g/mol. The first-order chi connectivity index (χ1) is 10.8. The van der Waals surface area contributed by atoms with Gasteiger partial charge in [-0.1, -0.05) is 51.1 Å². The molecule has 1 aromatic heterocycles. The summed E-state index contributed by atoms with van der Waals surface area (Å²) in [6.07, 6.45) is 0.523. The molecule has 0 aliphatic carbocycles. The molecule has 0 bridgehead atoms. The third kappa shape index (κ3) is 3.37. The van der Waals surface area contributed by atoms with Crippen LogP contribution in [-0.2, 0) is 13.1 Å². The molecule has 1 aliphatic heterocycles. The van der Waals surface area contributed by atoms with Gasteiger partial charge in [0.2, 0.25) is 0 Å². The summed E-state index contributed by atoms with van der Waals surface area (Å²) in [6, 6.07) is 10.2. The zero-order valence-corrected chi connectivity index (χ0v) is 14.5. The van der Waals surface area contributed by atoms with E-state index in [0.29, 0.717) is 12.1 Å². The second kappa shape index (κ2) is 5.93. The summed E-state index contributed by atoms with van der Waals surface area (Å²) in [5.41, 5.74) is 2.77. The van der Waals surface area contributed by atoms with Crippen molar-refractivity contribution in [3.05, 3.63) is 41.7 Å². The van der Waals surface area contributed by atoms with E-state index >= 15 is 0 Å². The minimum atomic E-state index is -0.0267. The number of hydrogen-bond acceptors (Lipinski definition) is 3. The number of nitrogens with zero attached hydrogens (tertiary/aromatic N) is 3. The van der Waals surface area contributed by atoms with Crippen molar-refractivity contribution in [3.8, 4) is 11.4 Å². The predicted octanol–water partition coefficient (Wildman–Crippen LogP) is 3.61. The lowest BCUT2D eigenvalue weighted by molar-refractivity contribution is 0.0932. The summed E-state index contributed by atoms with van der Waals surface area (Å²) in [6.45, 7) is 8.93. The van der Waals surface area contributed by atoms with Crippen LogP contribution in [0, 0.1) is 5.41 Å². The number of rotatable bonds is 3. The number of ketones is 1.